The first kappa shape index (κ1) is 43.7. The number of unbranched alkanes of at least 4 members (excludes halogenated alkanes) is 19. The van der Waals surface area contributed by atoms with Crippen molar-refractivity contribution in [2.24, 2.45) is 10.3 Å². The predicted molar refractivity (Wildman–Crippen MR) is 146 cm³/mol. The molecule has 0 unspecified atom stereocenters. The van der Waals surface area contributed by atoms with Gasteiger partial charge in [-0.2, -0.15) is 0 Å². The normalized spacial score (nSPS) is 12.7. The Balaban J connectivity index is -0.00000102. The van der Waals surface area contributed by atoms with Crippen LogP contribution < -0.4 is 59.1 Å². The molecule has 0 amide bonds. The number of rotatable bonds is 25. The van der Waals surface area contributed by atoms with Crippen molar-refractivity contribution in [2.75, 3.05) is 0 Å². The molecule has 0 radical (unpaired) electrons. The van der Waals surface area contributed by atoms with E-state index in [1.165, 1.54) is 77.0 Å². The van der Waals surface area contributed by atoms with Gasteiger partial charge in [-0.25, -0.2) is 0 Å². The molecule has 14 heteroatoms. The van der Waals surface area contributed by atoms with Crippen molar-refractivity contribution in [3.05, 3.63) is 0 Å². The van der Waals surface area contributed by atoms with E-state index in [9.17, 15) is 9.13 Å². The number of oxime groups is 2. The minimum atomic E-state index is -4.40. The smallest absolute Gasteiger partial charge is 1.00 e. The van der Waals surface area contributed by atoms with E-state index in [0.717, 1.165) is 38.5 Å². The summed E-state index contributed by atoms with van der Waals surface area (Å²) in [5, 5.41) is 22.7. The molecule has 0 fully saturated rings. The van der Waals surface area contributed by atoms with Gasteiger partial charge >= 0.3 is 74.3 Å². The number of hydrogen-bond acceptors (Lipinski definition) is 6. The third-order valence-corrected chi connectivity index (χ3v) is 8.43. The van der Waals surface area contributed by atoms with E-state index in [-0.39, 0.29) is 74.8 Å². The fraction of sp³-hybridized carbons (Fsp3) is 0.917. The van der Waals surface area contributed by atoms with E-state index in [1.807, 2.05) is 0 Å². The molecule has 0 aliphatic rings. The first-order valence-corrected chi connectivity index (χ1v) is 16.9. The molecule has 6 N–H and O–H groups in total. The van der Waals surface area contributed by atoms with Crippen molar-refractivity contribution in [2.45, 2.75) is 141 Å². The summed E-state index contributed by atoms with van der Waals surface area (Å²) in [4.78, 5) is 35.9. The fourth-order valence-corrected chi connectivity index (χ4v) is 5.39. The standard InChI is InChI=1S/C24H50N2O8P2.2Na.2H/c27-25-23(35(29,30)31)21-19-17-15-13-11-9-7-5-3-1-2-4-6-8-10-12-14-16-18-20-22-24(26-28)36(32,33)34;;;;/h27-28H,1-22H2,(H2,29,30,31)(H2,32,33,34);;;;/q;2*+1;2*-1/b25-23-,26-24-;;;;. The summed E-state index contributed by atoms with van der Waals surface area (Å²) in [6.45, 7) is 0. The van der Waals surface area contributed by atoms with Crippen molar-refractivity contribution in [1.82, 2.24) is 0 Å². The van der Waals surface area contributed by atoms with Crippen molar-refractivity contribution in [1.29, 1.82) is 0 Å². The third-order valence-electron chi connectivity index (χ3n) is 6.45. The summed E-state index contributed by atoms with van der Waals surface area (Å²) in [7, 11) is -8.81. The largest absolute Gasteiger partial charge is 1.00 e. The summed E-state index contributed by atoms with van der Waals surface area (Å²) >= 11 is 0. The fourth-order valence-electron chi connectivity index (χ4n) is 4.26. The molecule has 0 rings (SSSR count). The summed E-state index contributed by atoms with van der Waals surface area (Å²) in [6, 6.07) is 0. The first-order valence-electron chi connectivity index (χ1n) is 13.7. The van der Waals surface area contributed by atoms with Gasteiger partial charge in [0.05, 0.1) is 0 Å². The Labute approximate surface area is 276 Å². The van der Waals surface area contributed by atoms with E-state index in [2.05, 4.69) is 10.3 Å². The number of hydrogen-bond donors (Lipinski definition) is 6. The Kier molecular flexibility index (Phi) is 32.6. The van der Waals surface area contributed by atoms with E-state index in [0.29, 0.717) is 12.8 Å². The van der Waals surface area contributed by atoms with Gasteiger partial charge in [-0.05, 0) is 12.8 Å². The molecule has 0 aliphatic carbocycles. The predicted octanol–water partition coefficient (Wildman–Crippen LogP) is 1.73. The molecule has 0 spiro atoms. The van der Waals surface area contributed by atoms with Gasteiger partial charge in [0, 0.05) is 12.8 Å². The molecule has 0 aromatic heterocycles. The SMILES string of the molecule is O=P(O)(O)/C(CCCCCCCCCCCCCCCCCCCCCC/C(=N/O)P(=O)(O)O)=N\O.[H-].[H-].[Na+].[Na+]. The quantitative estimate of drug-likeness (QED) is 0.0228. The van der Waals surface area contributed by atoms with Crippen molar-refractivity contribution in [3.63, 3.8) is 0 Å². The molecule has 10 nitrogen and oxygen atoms in total. The van der Waals surface area contributed by atoms with Crippen LogP contribution in [-0.4, -0.2) is 40.9 Å². The number of nitrogens with zero attached hydrogens (tertiary/aromatic N) is 2. The molecule has 0 atom stereocenters. The van der Waals surface area contributed by atoms with Gasteiger partial charge in [-0.3, -0.25) is 9.13 Å². The van der Waals surface area contributed by atoms with Crippen molar-refractivity contribution in [3.8, 4) is 0 Å². The average Bonchev–Trinajstić information content (AvgIpc) is 2.80. The maximum absolute atomic E-state index is 11.0. The second kappa shape index (κ2) is 28.4. The Hall–Kier alpha value is 1.24. The van der Waals surface area contributed by atoms with Crippen LogP contribution in [0.1, 0.15) is 144 Å². The van der Waals surface area contributed by atoms with Gasteiger partial charge in [-0.15, -0.1) is 0 Å². The molecular weight excluding hydrogens is 552 g/mol. The van der Waals surface area contributed by atoms with Gasteiger partial charge in [0.15, 0.2) is 10.9 Å². The monoisotopic (exact) mass is 604 g/mol. The van der Waals surface area contributed by atoms with Gasteiger partial charge < -0.3 is 32.8 Å². The van der Waals surface area contributed by atoms with Crippen LogP contribution in [0.5, 0.6) is 0 Å². The van der Waals surface area contributed by atoms with E-state index < -0.39 is 26.1 Å². The summed E-state index contributed by atoms with van der Waals surface area (Å²) in [6.07, 6.45) is 22.9. The van der Waals surface area contributed by atoms with Crippen LogP contribution in [0.25, 0.3) is 0 Å². The van der Waals surface area contributed by atoms with E-state index >= 15 is 0 Å². The van der Waals surface area contributed by atoms with Crippen LogP contribution >= 0.6 is 15.2 Å². The second-order valence-electron chi connectivity index (χ2n) is 9.69. The minimum Gasteiger partial charge on any atom is -1.00 e. The molecule has 218 valence electrons. The molecule has 0 aliphatic heterocycles. The van der Waals surface area contributed by atoms with Gasteiger partial charge in [0.25, 0.3) is 0 Å². The zero-order valence-corrected chi connectivity index (χ0v) is 29.6. The minimum absolute atomic E-state index is 0. The first-order chi connectivity index (χ1) is 17.1. The average molecular weight is 605 g/mol. The van der Waals surface area contributed by atoms with Crippen molar-refractivity contribution >= 4 is 26.1 Å². The van der Waals surface area contributed by atoms with Gasteiger partial charge in [0.1, 0.15) is 0 Å². The molecule has 0 aromatic carbocycles. The zero-order valence-electron chi connectivity index (χ0n) is 25.8. The van der Waals surface area contributed by atoms with Crippen LogP contribution in [0.4, 0.5) is 0 Å². The second-order valence-corrected chi connectivity index (χ2v) is 12.9. The maximum atomic E-state index is 11.0. The molecular formula is C24H52N2Na2O8P2. The maximum Gasteiger partial charge on any atom is 1.00 e. The van der Waals surface area contributed by atoms with Crippen LogP contribution in [0.3, 0.4) is 0 Å². The van der Waals surface area contributed by atoms with Crippen LogP contribution in [0, 0.1) is 0 Å². The summed E-state index contributed by atoms with van der Waals surface area (Å²) in [5.74, 6) is 0. The Morgan fingerprint density at radius 2 is 0.579 bits per heavy atom. The Morgan fingerprint density at radius 3 is 0.711 bits per heavy atom. The van der Waals surface area contributed by atoms with Gasteiger partial charge in [-0.1, -0.05) is 126 Å². The molecule has 38 heavy (non-hydrogen) atoms. The molecule has 0 bridgehead atoms. The van der Waals surface area contributed by atoms with Crippen LogP contribution in [0.15, 0.2) is 10.3 Å². The summed E-state index contributed by atoms with van der Waals surface area (Å²) in [5.41, 5.74) is -0.832. The molecule has 0 aromatic rings. The molecule has 0 saturated heterocycles. The van der Waals surface area contributed by atoms with Crippen LogP contribution in [0.2, 0.25) is 0 Å². The van der Waals surface area contributed by atoms with Crippen molar-refractivity contribution < 1.29 is 101 Å². The summed E-state index contributed by atoms with van der Waals surface area (Å²) < 4.78 is 22.0. The Morgan fingerprint density at radius 1 is 0.421 bits per heavy atom. The van der Waals surface area contributed by atoms with Gasteiger partial charge in [0.2, 0.25) is 0 Å². The zero-order chi connectivity index (χ0) is 27.1. The Bertz CT molecular complexity index is 656. The molecule has 0 heterocycles. The van der Waals surface area contributed by atoms with E-state index in [1.54, 1.807) is 0 Å². The third kappa shape index (κ3) is 27.4. The molecule has 0 saturated carbocycles. The van der Waals surface area contributed by atoms with E-state index in [4.69, 9.17) is 30.0 Å². The van der Waals surface area contributed by atoms with Crippen LogP contribution in [-0.2, 0) is 9.13 Å². The topological polar surface area (TPSA) is 180 Å².